The fourth-order valence-corrected chi connectivity index (χ4v) is 3.46. The molecule has 0 aromatic heterocycles. The van der Waals surface area contributed by atoms with Crippen molar-refractivity contribution in [3.05, 3.63) is 0 Å². The van der Waals surface area contributed by atoms with Gasteiger partial charge in [-0.3, -0.25) is 19.2 Å². The van der Waals surface area contributed by atoms with Crippen molar-refractivity contribution in [1.29, 1.82) is 0 Å². The Kier molecular flexibility index (Phi) is 15.9. The van der Waals surface area contributed by atoms with Crippen LogP contribution in [0.3, 0.4) is 0 Å². The molecule has 0 saturated heterocycles. The number of carbonyl (C=O) groups excluding carboxylic acids is 4. The highest BCUT2D eigenvalue weighted by Crippen LogP contribution is 2.08. The van der Waals surface area contributed by atoms with Crippen molar-refractivity contribution in [2.75, 3.05) is 18.6 Å². The van der Waals surface area contributed by atoms with Crippen molar-refractivity contribution in [3.8, 4) is 0 Å². The molecule has 0 heterocycles. The molecule has 0 aliphatic heterocycles. The van der Waals surface area contributed by atoms with Gasteiger partial charge >= 0.3 is 5.97 Å². The van der Waals surface area contributed by atoms with E-state index in [1.165, 1.54) is 11.8 Å². The number of rotatable bonds is 18. The molecular weight excluding hydrogens is 464 g/mol. The lowest BCUT2D eigenvalue weighted by Gasteiger charge is -2.25. The highest BCUT2D eigenvalue weighted by atomic mass is 32.2. The summed E-state index contributed by atoms with van der Waals surface area (Å²) in [4.78, 5) is 61.2. The van der Waals surface area contributed by atoms with Crippen LogP contribution in [0.1, 0.15) is 52.4 Å². The number of nitrogens with one attached hydrogen (secondary N) is 3. The minimum absolute atomic E-state index is 0.165. The first-order valence-electron chi connectivity index (χ1n) is 11.3. The van der Waals surface area contributed by atoms with Crippen molar-refractivity contribution >= 4 is 41.4 Å². The van der Waals surface area contributed by atoms with Crippen LogP contribution >= 0.6 is 11.8 Å². The third-order valence-corrected chi connectivity index (χ3v) is 6.05. The number of unbranched alkanes of at least 4 members (excludes halogenated alkanes) is 1. The molecule has 13 heteroatoms. The van der Waals surface area contributed by atoms with Gasteiger partial charge in [0.2, 0.25) is 23.6 Å². The van der Waals surface area contributed by atoms with Crippen LogP contribution in [-0.4, -0.2) is 77.4 Å². The highest BCUT2D eigenvalue weighted by Gasteiger charge is 2.31. The van der Waals surface area contributed by atoms with Crippen molar-refractivity contribution in [3.63, 3.8) is 0 Å². The SMILES string of the molecule is CCC(C)C(N)C(=O)NC(CC(N)=O)C(=O)NC(CCCCN)C(=O)NC(CCSC)C(=O)O. The maximum Gasteiger partial charge on any atom is 0.326 e. The van der Waals surface area contributed by atoms with E-state index in [4.69, 9.17) is 17.2 Å². The maximum absolute atomic E-state index is 12.9. The molecule has 12 nitrogen and oxygen atoms in total. The van der Waals surface area contributed by atoms with E-state index in [1.807, 2.05) is 13.2 Å². The number of carbonyl (C=O) groups is 5. The number of thioether (sulfide) groups is 1. The summed E-state index contributed by atoms with van der Waals surface area (Å²) in [7, 11) is 0. The first-order valence-corrected chi connectivity index (χ1v) is 12.7. The molecule has 196 valence electrons. The van der Waals surface area contributed by atoms with Crippen LogP contribution in [0.5, 0.6) is 0 Å². The van der Waals surface area contributed by atoms with Crippen molar-refractivity contribution in [1.82, 2.24) is 16.0 Å². The lowest BCUT2D eigenvalue weighted by atomic mass is 9.98. The standard InChI is InChI=1S/C21H40N6O6S/c1-4-12(2)17(24)20(31)27-15(11-16(23)28)19(30)25-13(7-5-6-9-22)18(29)26-14(21(32)33)8-10-34-3/h12-15,17H,4-11,22,24H2,1-3H3,(H2,23,28)(H,25,30)(H,26,29)(H,27,31)(H,32,33). The second-order valence-electron chi connectivity index (χ2n) is 8.17. The van der Waals surface area contributed by atoms with Crippen LogP contribution in [0.25, 0.3) is 0 Å². The van der Waals surface area contributed by atoms with Gasteiger partial charge in [0.25, 0.3) is 0 Å². The summed E-state index contributed by atoms with van der Waals surface area (Å²) in [6.07, 6.45) is 3.42. The molecule has 5 atom stereocenters. The zero-order valence-electron chi connectivity index (χ0n) is 20.2. The molecule has 0 aromatic rings. The molecule has 0 fully saturated rings. The Bertz CT molecular complexity index is 695. The normalized spacial score (nSPS) is 15.3. The summed E-state index contributed by atoms with van der Waals surface area (Å²) in [6.45, 7) is 4.02. The first-order chi connectivity index (χ1) is 16.0. The molecule has 0 rings (SSSR count). The lowest BCUT2D eigenvalue weighted by Crippen LogP contribution is -2.58. The first kappa shape index (κ1) is 31.6. The summed E-state index contributed by atoms with van der Waals surface area (Å²) in [6, 6.07) is -4.45. The van der Waals surface area contributed by atoms with E-state index in [1.54, 1.807) is 6.92 Å². The van der Waals surface area contributed by atoms with Gasteiger partial charge in [-0.25, -0.2) is 4.79 Å². The maximum atomic E-state index is 12.9. The Morgan fingerprint density at radius 2 is 1.47 bits per heavy atom. The number of nitrogens with two attached hydrogens (primary N) is 3. The van der Waals surface area contributed by atoms with Crippen LogP contribution in [0.2, 0.25) is 0 Å². The van der Waals surface area contributed by atoms with Crippen LogP contribution in [-0.2, 0) is 24.0 Å². The fourth-order valence-electron chi connectivity index (χ4n) is 2.99. The molecule has 34 heavy (non-hydrogen) atoms. The smallest absolute Gasteiger partial charge is 0.326 e. The number of hydrogen-bond donors (Lipinski definition) is 7. The van der Waals surface area contributed by atoms with Crippen molar-refractivity contribution in [2.45, 2.75) is 76.5 Å². The molecule has 5 unspecified atom stereocenters. The Labute approximate surface area is 204 Å². The number of carboxylic acids is 1. The summed E-state index contributed by atoms with van der Waals surface area (Å²) in [5.41, 5.74) is 16.7. The van der Waals surface area contributed by atoms with Crippen molar-refractivity contribution in [2.24, 2.45) is 23.1 Å². The molecule has 0 spiro atoms. The third kappa shape index (κ3) is 12.2. The largest absolute Gasteiger partial charge is 0.480 e. The number of hydrogen-bond acceptors (Lipinski definition) is 8. The van der Waals surface area contributed by atoms with Gasteiger partial charge in [-0.1, -0.05) is 20.3 Å². The van der Waals surface area contributed by atoms with Gasteiger partial charge in [0, 0.05) is 0 Å². The number of aliphatic carboxylic acids is 1. The van der Waals surface area contributed by atoms with Gasteiger partial charge in [0.15, 0.2) is 0 Å². The zero-order valence-corrected chi connectivity index (χ0v) is 21.0. The van der Waals surface area contributed by atoms with Gasteiger partial charge in [0.05, 0.1) is 12.5 Å². The van der Waals surface area contributed by atoms with E-state index in [0.29, 0.717) is 31.6 Å². The Balaban J connectivity index is 5.53. The Morgan fingerprint density at radius 3 is 1.97 bits per heavy atom. The molecule has 0 saturated carbocycles. The van der Waals surface area contributed by atoms with Crippen LogP contribution in [0.4, 0.5) is 0 Å². The zero-order chi connectivity index (χ0) is 26.3. The lowest BCUT2D eigenvalue weighted by molar-refractivity contribution is -0.142. The monoisotopic (exact) mass is 504 g/mol. The summed E-state index contributed by atoms with van der Waals surface area (Å²) in [5.74, 6) is -3.77. The highest BCUT2D eigenvalue weighted by molar-refractivity contribution is 7.98. The Morgan fingerprint density at radius 1 is 0.912 bits per heavy atom. The number of carboxylic acid groups (broad SMARTS) is 1. The van der Waals surface area contributed by atoms with Crippen LogP contribution in [0, 0.1) is 5.92 Å². The third-order valence-electron chi connectivity index (χ3n) is 5.40. The Hall–Kier alpha value is -2.38. The van der Waals surface area contributed by atoms with E-state index in [2.05, 4.69) is 16.0 Å². The molecule has 4 amide bonds. The average molecular weight is 505 g/mol. The quantitative estimate of drug-likeness (QED) is 0.110. The van der Waals surface area contributed by atoms with E-state index in [0.717, 1.165) is 0 Å². The topological polar surface area (TPSA) is 220 Å². The predicted molar refractivity (Wildman–Crippen MR) is 131 cm³/mol. The van der Waals surface area contributed by atoms with E-state index in [-0.39, 0.29) is 18.8 Å². The van der Waals surface area contributed by atoms with Gasteiger partial charge in [-0.15, -0.1) is 0 Å². The van der Waals surface area contributed by atoms with Crippen molar-refractivity contribution < 1.29 is 29.1 Å². The van der Waals surface area contributed by atoms with E-state index < -0.39 is 60.2 Å². The number of primary amides is 1. The minimum Gasteiger partial charge on any atom is -0.480 e. The van der Waals surface area contributed by atoms with Gasteiger partial charge in [-0.2, -0.15) is 11.8 Å². The summed E-state index contributed by atoms with van der Waals surface area (Å²) >= 11 is 1.44. The molecule has 0 aliphatic rings. The summed E-state index contributed by atoms with van der Waals surface area (Å²) in [5, 5.41) is 16.8. The molecule has 0 radical (unpaired) electrons. The van der Waals surface area contributed by atoms with Gasteiger partial charge in [-0.05, 0) is 50.2 Å². The molecule has 0 bridgehead atoms. The van der Waals surface area contributed by atoms with E-state index >= 15 is 0 Å². The molecule has 0 aliphatic carbocycles. The minimum atomic E-state index is -1.34. The van der Waals surface area contributed by atoms with Crippen LogP contribution < -0.4 is 33.2 Å². The summed E-state index contributed by atoms with van der Waals surface area (Å²) < 4.78 is 0. The van der Waals surface area contributed by atoms with Crippen LogP contribution in [0.15, 0.2) is 0 Å². The second-order valence-corrected chi connectivity index (χ2v) is 9.16. The second kappa shape index (κ2) is 17.1. The molecule has 0 aromatic carbocycles. The molecule has 10 N–H and O–H groups in total. The number of amides is 4. The fraction of sp³-hybridized carbons (Fsp3) is 0.762. The van der Waals surface area contributed by atoms with E-state index in [9.17, 15) is 29.1 Å². The average Bonchev–Trinajstić information content (AvgIpc) is 2.78. The predicted octanol–water partition coefficient (Wildman–Crippen LogP) is -1.34. The van der Waals surface area contributed by atoms with Gasteiger partial charge in [0.1, 0.15) is 18.1 Å². The molecular formula is C21H40N6O6S. The van der Waals surface area contributed by atoms with Gasteiger partial charge < -0.3 is 38.3 Å².